The summed E-state index contributed by atoms with van der Waals surface area (Å²) in [5.74, 6) is 5.14. The summed E-state index contributed by atoms with van der Waals surface area (Å²) in [4.78, 5) is 18.2. The summed E-state index contributed by atoms with van der Waals surface area (Å²) in [6.45, 7) is 8.54. The number of hydrogen-bond donors (Lipinski definition) is 0. The van der Waals surface area contributed by atoms with Crippen molar-refractivity contribution in [2.45, 2.75) is 149 Å². The average molecular weight is 567 g/mol. The van der Waals surface area contributed by atoms with Crippen molar-refractivity contribution in [3.05, 3.63) is 47.6 Å². The van der Waals surface area contributed by atoms with Crippen molar-refractivity contribution in [2.75, 3.05) is 13.7 Å². The zero-order valence-corrected chi connectivity index (χ0v) is 26.7. The van der Waals surface area contributed by atoms with E-state index in [1.54, 1.807) is 7.11 Å². The number of ether oxygens (including phenoxy) is 2. The van der Waals surface area contributed by atoms with Crippen LogP contribution in [0.3, 0.4) is 0 Å². The van der Waals surface area contributed by atoms with Gasteiger partial charge in [0.05, 0.1) is 13.2 Å². The maximum atomic E-state index is 5.39. The Morgan fingerprint density at radius 2 is 1.00 bits per heavy atom. The number of hydrogen-bond acceptors (Lipinski definition) is 6. The second-order valence-electron chi connectivity index (χ2n) is 12.4. The zero-order chi connectivity index (χ0) is 29.1. The van der Waals surface area contributed by atoms with E-state index < -0.39 is 0 Å². The van der Waals surface area contributed by atoms with Crippen LogP contribution < -0.4 is 0 Å². The first-order valence-electron chi connectivity index (χ1n) is 16.8. The maximum Gasteiger partial charge on any atom is 0.131 e. The fourth-order valence-corrected chi connectivity index (χ4v) is 6.47. The summed E-state index contributed by atoms with van der Waals surface area (Å²) >= 11 is 0. The van der Waals surface area contributed by atoms with Crippen molar-refractivity contribution in [3.63, 3.8) is 0 Å². The molecule has 0 amide bonds. The smallest absolute Gasteiger partial charge is 0.131 e. The molecule has 2 heterocycles. The lowest BCUT2D eigenvalue weighted by molar-refractivity contribution is 0.133. The van der Waals surface area contributed by atoms with Crippen molar-refractivity contribution in [1.29, 1.82) is 0 Å². The van der Waals surface area contributed by atoms with Gasteiger partial charge in [-0.25, -0.2) is 19.9 Å². The van der Waals surface area contributed by atoms with Crippen LogP contribution in [-0.4, -0.2) is 33.7 Å². The molecule has 6 heteroatoms. The molecule has 0 radical (unpaired) electrons. The van der Waals surface area contributed by atoms with Crippen LogP contribution in [0.2, 0.25) is 0 Å². The summed E-state index contributed by atoms with van der Waals surface area (Å²) in [6.07, 6.45) is 29.3. The van der Waals surface area contributed by atoms with E-state index >= 15 is 0 Å². The predicted octanol–water partition coefficient (Wildman–Crippen LogP) is 9.34. The molecule has 2 aliphatic rings. The first-order chi connectivity index (χ1) is 20.2. The third-order valence-corrected chi connectivity index (χ3v) is 9.09. The minimum atomic E-state index is 0.577. The largest absolute Gasteiger partial charge is 0.380 e. The molecule has 4 rings (SSSR count). The van der Waals surface area contributed by atoms with E-state index in [-0.39, 0.29) is 0 Å². The molecule has 2 fully saturated rings. The van der Waals surface area contributed by atoms with Crippen LogP contribution in [0.5, 0.6) is 0 Å². The van der Waals surface area contributed by atoms with Crippen molar-refractivity contribution < 1.29 is 9.47 Å². The van der Waals surface area contributed by atoms with Gasteiger partial charge >= 0.3 is 0 Å². The second kappa shape index (κ2) is 20.1. The van der Waals surface area contributed by atoms with Crippen LogP contribution in [0.25, 0.3) is 0 Å². The van der Waals surface area contributed by atoms with Crippen molar-refractivity contribution in [3.8, 4) is 0 Å². The van der Waals surface area contributed by atoms with E-state index in [9.17, 15) is 0 Å². The molecule has 0 spiro atoms. The lowest BCUT2D eigenvalue weighted by Gasteiger charge is -2.27. The molecule has 0 atom stereocenters. The summed E-state index contributed by atoms with van der Waals surface area (Å²) in [5, 5.41) is 0. The van der Waals surface area contributed by atoms with Gasteiger partial charge in [0.1, 0.15) is 11.6 Å². The minimum Gasteiger partial charge on any atom is -0.380 e. The predicted molar refractivity (Wildman–Crippen MR) is 168 cm³/mol. The Hall–Kier alpha value is -1.92. The van der Waals surface area contributed by atoms with E-state index in [4.69, 9.17) is 9.47 Å². The Bertz CT molecular complexity index is 905. The number of unbranched alkanes of at least 4 members (excludes halogenated alkanes) is 4. The molecule has 0 unspecified atom stereocenters. The van der Waals surface area contributed by atoms with Gasteiger partial charge in [0.2, 0.25) is 0 Å². The monoisotopic (exact) mass is 566 g/mol. The van der Waals surface area contributed by atoms with Gasteiger partial charge in [0.15, 0.2) is 0 Å². The van der Waals surface area contributed by atoms with Crippen LogP contribution in [0.1, 0.15) is 158 Å². The highest BCUT2D eigenvalue weighted by Crippen LogP contribution is 2.37. The lowest BCUT2D eigenvalue weighted by atomic mass is 9.79. The summed E-state index contributed by atoms with van der Waals surface area (Å²) in [5.41, 5.74) is 2.14. The molecule has 6 nitrogen and oxygen atoms in total. The molecule has 2 aromatic heterocycles. The van der Waals surface area contributed by atoms with Gasteiger partial charge in [0.25, 0.3) is 0 Å². The Morgan fingerprint density at radius 3 is 1.37 bits per heavy atom. The highest BCUT2D eigenvalue weighted by molar-refractivity contribution is 5.08. The Morgan fingerprint density at radius 1 is 0.585 bits per heavy atom. The second-order valence-corrected chi connectivity index (χ2v) is 12.4. The maximum absolute atomic E-state index is 5.39. The summed E-state index contributed by atoms with van der Waals surface area (Å²) in [6, 6.07) is 0. The summed E-state index contributed by atoms with van der Waals surface area (Å²) in [7, 11) is 1.70. The Labute approximate surface area is 250 Å². The number of methoxy groups -OCH3 is 1. The molecule has 0 saturated heterocycles. The third kappa shape index (κ3) is 12.5. The van der Waals surface area contributed by atoms with Gasteiger partial charge in [-0.1, -0.05) is 65.2 Å². The molecule has 2 saturated carbocycles. The van der Waals surface area contributed by atoms with Gasteiger partial charge in [-0.05, 0) is 70.1 Å². The lowest BCUT2D eigenvalue weighted by Crippen LogP contribution is -2.15. The molecule has 0 bridgehead atoms. The highest BCUT2D eigenvalue weighted by Gasteiger charge is 2.24. The van der Waals surface area contributed by atoms with E-state index in [1.165, 1.54) is 103 Å². The zero-order valence-electron chi connectivity index (χ0n) is 26.7. The van der Waals surface area contributed by atoms with E-state index in [1.807, 2.05) is 31.7 Å². The Kier molecular flexibility index (Phi) is 16.4. The molecule has 2 aromatic rings. The van der Waals surface area contributed by atoms with Crippen LogP contribution in [-0.2, 0) is 22.7 Å². The van der Waals surface area contributed by atoms with Crippen molar-refractivity contribution in [2.24, 2.45) is 11.8 Å². The Balaban J connectivity index is 0.000000226. The molecule has 2 aliphatic carbocycles. The number of aromatic nitrogens is 4. The molecule has 0 N–H and O–H groups in total. The van der Waals surface area contributed by atoms with E-state index in [0.29, 0.717) is 25.0 Å². The number of nitrogens with zero attached hydrogens (tertiary/aromatic N) is 4. The third-order valence-electron chi connectivity index (χ3n) is 9.09. The van der Waals surface area contributed by atoms with Gasteiger partial charge in [-0.15, -0.1) is 0 Å². The van der Waals surface area contributed by atoms with E-state index in [2.05, 4.69) is 33.8 Å². The first kappa shape index (κ1) is 33.6. The van der Waals surface area contributed by atoms with Gasteiger partial charge < -0.3 is 9.47 Å². The van der Waals surface area contributed by atoms with Crippen LogP contribution in [0, 0.1) is 11.8 Å². The average Bonchev–Trinajstić information content (AvgIpc) is 3.02. The fraction of sp³-hybridized carbons (Fsp3) is 0.771. The van der Waals surface area contributed by atoms with Crippen LogP contribution in [0.15, 0.2) is 24.8 Å². The quantitative estimate of drug-likeness (QED) is 0.200. The topological polar surface area (TPSA) is 70.0 Å². The SMILES string of the molecule is CCCCCC1CCC(c2ncc(COC)cn2)CC1.CCCCCC1CCC(c2ncc(COCC)cn2)CC1. The molecular formula is C35H58N4O2. The molecule has 41 heavy (non-hydrogen) atoms. The van der Waals surface area contributed by atoms with Crippen molar-refractivity contribution in [1.82, 2.24) is 19.9 Å². The molecule has 230 valence electrons. The standard InChI is InChI=1S/C18H30N2O.C17H28N2O/c1-3-5-6-7-15-8-10-17(11-9-15)18-19-12-16(13-20-18)14-21-4-2;1-3-4-5-6-14-7-9-16(10-8-14)17-18-11-15(12-19-17)13-20-2/h12-13,15,17H,3-11,14H2,1-2H3;11-12,14,16H,3-10,13H2,1-2H3. The highest BCUT2D eigenvalue weighted by atomic mass is 16.5. The fourth-order valence-electron chi connectivity index (χ4n) is 6.47. The van der Waals surface area contributed by atoms with Gasteiger partial charge in [-0.2, -0.15) is 0 Å². The van der Waals surface area contributed by atoms with Gasteiger partial charge in [-0.3, -0.25) is 0 Å². The minimum absolute atomic E-state index is 0.577. The molecule has 0 aliphatic heterocycles. The summed E-state index contributed by atoms with van der Waals surface area (Å²) < 4.78 is 10.5. The molecular weight excluding hydrogens is 508 g/mol. The van der Waals surface area contributed by atoms with Crippen molar-refractivity contribution >= 4 is 0 Å². The molecule has 0 aromatic carbocycles. The van der Waals surface area contributed by atoms with Crippen LogP contribution >= 0.6 is 0 Å². The normalized spacial score (nSPS) is 22.6. The van der Waals surface area contributed by atoms with Crippen LogP contribution in [0.4, 0.5) is 0 Å². The van der Waals surface area contributed by atoms with Gasteiger partial charge in [0, 0.05) is 61.5 Å². The first-order valence-corrected chi connectivity index (χ1v) is 16.8. The van der Waals surface area contributed by atoms with E-state index in [0.717, 1.165) is 41.2 Å². The number of rotatable bonds is 15.